The highest BCUT2D eigenvalue weighted by Crippen LogP contribution is 2.20. The van der Waals surface area contributed by atoms with Crippen LogP contribution in [0.1, 0.15) is 13.0 Å². The molecule has 0 saturated carbocycles. The van der Waals surface area contributed by atoms with Crippen molar-refractivity contribution in [2.45, 2.75) is 13.0 Å². The summed E-state index contributed by atoms with van der Waals surface area (Å²) in [5.41, 5.74) is 1.16. The van der Waals surface area contributed by atoms with Crippen LogP contribution in [0.5, 0.6) is 0 Å². The lowest BCUT2D eigenvalue weighted by Crippen LogP contribution is -2.04. The number of aromatic nitrogens is 3. The summed E-state index contributed by atoms with van der Waals surface area (Å²) < 4.78 is 1.49. The summed E-state index contributed by atoms with van der Waals surface area (Å²) in [6.45, 7) is 1.77. The maximum atomic E-state index is 10.6. The Morgan fingerprint density at radius 3 is 3.00 bits per heavy atom. The van der Waals surface area contributed by atoms with Gasteiger partial charge in [0, 0.05) is 12.1 Å². The topological polar surface area (TPSA) is 73.8 Å². The molecule has 6 nitrogen and oxygen atoms in total. The SMILES string of the molecule is C#CC(C)n1nnc2ccc([N+](=O)[O-])cc21. The summed E-state index contributed by atoms with van der Waals surface area (Å²) >= 11 is 0. The van der Waals surface area contributed by atoms with E-state index in [2.05, 4.69) is 16.2 Å². The van der Waals surface area contributed by atoms with E-state index in [9.17, 15) is 10.1 Å². The molecular formula is C10H8N4O2. The van der Waals surface area contributed by atoms with Crippen molar-refractivity contribution in [1.29, 1.82) is 0 Å². The van der Waals surface area contributed by atoms with Gasteiger partial charge in [-0.25, -0.2) is 4.68 Å². The van der Waals surface area contributed by atoms with Crippen molar-refractivity contribution < 1.29 is 4.92 Å². The Hall–Kier alpha value is -2.42. The minimum absolute atomic E-state index is 0.000251. The van der Waals surface area contributed by atoms with Crippen LogP contribution in [0.4, 0.5) is 5.69 Å². The summed E-state index contributed by atoms with van der Waals surface area (Å²) in [5, 5.41) is 18.4. The summed E-state index contributed by atoms with van der Waals surface area (Å²) in [5.74, 6) is 2.50. The molecule has 1 aromatic heterocycles. The number of fused-ring (bicyclic) bond motifs is 1. The highest BCUT2D eigenvalue weighted by Gasteiger charge is 2.13. The Balaban J connectivity index is 2.65. The van der Waals surface area contributed by atoms with E-state index < -0.39 is 4.92 Å². The predicted molar refractivity (Wildman–Crippen MR) is 57.7 cm³/mol. The van der Waals surface area contributed by atoms with Gasteiger partial charge in [0.05, 0.1) is 10.4 Å². The van der Waals surface area contributed by atoms with E-state index >= 15 is 0 Å². The lowest BCUT2D eigenvalue weighted by Gasteiger charge is -2.03. The van der Waals surface area contributed by atoms with Gasteiger partial charge in [-0.05, 0) is 13.0 Å². The number of hydrogen-bond donors (Lipinski definition) is 0. The van der Waals surface area contributed by atoms with E-state index in [1.165, 1.54) is 16.8 Å². The van der Waals surface area contributed by atoms with Gasteiger partial charge < -0.3 is 0 Å². The molecule has 0 radical (unpaired) electrons. The second-order valence-corrected chi connectivity index (χ2v) is 3.31. The van der Waals surface area contributed by atoms with Crippen molar-refractivity contribution in [2.75, 3.05) is 0 Å². The molecule has 6 heteroatoms. The third-order valence-corrected chi connectivity index (χ3v) is 2.27. The van der Waals surface area contributed by atoms with Gasteiger partial charge >= 0.3 is 0 Å². The Morgan fingerprint density at radius 1 is 1.62 bits per heavy atom. The minimum Gasteiger partial charge on any atom is -0.258 e. The van der Waals surface area contributed by atoms with E-state index in [4.69, 9.17) is 6.42 Å². The summed E-state index contributed by atoms with van der Waals surface area (Å²) in [4.78, 5) is 10.2. The number of nitrogens with zero attached hydrogens (tertiary/aromatic N) is 4. The molecule has 0 N–H and O–H groups in total. The number of non-ortho nitro benzene ring substituents is 1. The number of rotatable bonds is 2. The first-order chi connectivity index (χ1) is 7.63. The van der Waals surface area contributed by atoms with E-state index in [1.54, 1.807) is 13.0 Å². The molecule has 1 atom stereocenters. The predicted octanol–water partition coefficient (Wildman–Crippen LogP) is 1.53. The first-order valence-electron chi connectivity index (χ1n) is 4.59. The van der Waals surface area contributed by atoms with Crippen molar-refractivity contribution in [3.05, 3.63) is 28.3 Å². The number of benzene rings is 1. The second-order valence-electron chi connectivity index (χ2n) is 3.31. The van der Waals surface area contributed by atoms with Gasteiger partial charge in [-0.3, -0.25) is 10.1 Å². The van der Waals surface area contributed by atoms with E-state index in [1.807, 2.05) is 0 Å². The molecule has 0 bridgehead atoms. The maximum absolute atomic E-state index is 10.6. The molecule has 0 aliphatic carbocycles. The molecule has 2 aromatic rings. The van der Waals surface area contributed by atoms with E-state index in [0.29, 0.717) is 11.0 Å². The van der Waals surface area contributed by atoms with Gasteiger partial charge in [0.1, 0.15) is 11.6 Å². The van der Waals surface area contributed by atoms with Crippen LogP contribution in [0.15, 0.2) is 18.2 Å². The molecule has 0 spiro atoms. The maximum Gasteiger partial charge on any atom is 0.271 e. The third kappa shape index (κ3) is 1.48. The molecule has 0 amide bonds. The minimum atomic E-state index is -0.461. The lowest BCUT2D eigenvalue weighted by molar-refractivity contribution is -0.384. The zero-order chi connectivity index (χ0) is 11.7. The molecule has 2 rings (SSSR count). The molecule has 0 aliphatic rings. The molecule has 80 valence electrons. The Morgan fingerprint density at radius 2 is 2.38 bits per heavy atom. The zero-order valence-corrected chi connectivity index (χ0v) is 8.49. The van der Waals surface area contributed by atoms with Crippen molar-refractivity contribution >= 4 is 16.7 Å². The van der Waals surface area contributed by atoms with Crippen LogP contribution in [0.3, 0.4) is 0 Å². The lowest BCUT2D eigenvalue weighted by atomic mass is 10.2. The van der Waals surface area contributed by atoms with Crippen LogP contribution < -0.4 is 0 Å². The monoisotopic (exact) mass is 216 g/mol. The first kappa shape index (κ1) is 10.1. The Kier molecular flexibility index (Phi) is 2.29. The van der Waals surface area contributed by atoms with Crippen molar-refractivity contribution in [3.8, 4) is 12.3 Å². The van der Waals surface area contributed by atoms with Gasteiger partial charge in [0.15, 0.2) is 0 Å². The van der Waals surface area contributed by atoms with Crippen LogP contribution in [0.2, 0.25) is 0 Å². The van der Waals surface area contributed by atoms with Gasteiger partial charge in [0.2, 0.25) is 0 Å². The first-order valence-corrected chi connectivity index (χ1v) is 4.59. The molecule has 1 unspecified atom stereocenters. The van der Waals surface area contributed by atoms with Crippen molar-refractivity contribution in [3.63, 3.8) is 0 Å². The second kappa shape index (κ2) is 3.62. The quantitative estimate of drug-likeness (QED) is 0.433. The fourth-order valence-corrected chi connectivity index (χ4v) is 1.39. The van der Waals surface area contributed by atoms with Gasteiger partial charge in [0.25, 0.3) is 5.69 Å². The molecule has 0 fully saturated rings. The highest BCUT2D eigenvalue weighted by atomic mass is 16.6. The van der Waals surface area contributed by atoms with E-state index in [-0.39, 0.29) is 11.7 Å². The fourth-order valence-electron chi connectivity index (χ4n) is 1.39. The average Bonchev–Trinajstić information content (AvgIpc) is 2.70. The molecule has 1 aromatic carbocycles. The normalized spacial score (nSPS) is 12.2. The van der Waals surface area contributed by atoms with Crippen LogP contribution in [0.25, 0.3) is 11.0 Å². The van der Waals surface area contributed by atoms with Crippen LogP contribution in [-0.2, 0) is 0 Å². The number of hydrogen-bond acceptors (Lipinski definition) is 4. The number of nitro benzene ring substituents is 1. The summed E-state index contributed by atoms with van der Waals surface area (Å²) in [6.07, 6.45) is 5.28. The number of nitro groups is 1. The van der Waals surface area contributed by atoms with Crippen LogP contribution in [0, 0.1) is 22.5 Å². The fraction of sp³-hybridized carbons (Fsp3) is 0.200. The van der Waals surface area contributed by atoms with Gasteiger partial charge in [-0.1, -0.05) is 11.1 Å². The smallest absolute Gasteiger partial charge is 0.258 e. The molecule has 0 saturated heterocycles. The number of terminal acetylenes is 1. The molecule has 0 aliphatic heterocycles. The summed E-state index contributed by atoms with van der Waals surface area (Å²) in [6, 6.07) is 4.08. The highest BCUT2D eigenvalue weighted by molar-refractivity contribution is 5.77. The largest absolute Gasteiger partial charge is 0.271 e. The standard InChI is InChI=1S/C10H8N4O2/c1-3-7(2)13-10-6-8(14(15)16)4-5-9(10)11-12-13/h1,4-7H,2H3. The van der Waals surface area contributed by atoms with Crippen molar-refractivity contribution in [1.82, 2.24) is 15.0 Å². The van der Waals surface area contributed by atoms with Crippen LogP contribution >= 0.6 is 0 Å². The van der Waals surface area contributed by atoms with Crippen molar-refractivity contribution in [2.24, 2.45) is 0 Å². The molecule has 1 heterocycles. The molecular weight excluding hydrogens is 208 g/mol. The van der Waals surface area contributed by atoms with Crippen LogP contribution in [-0.4, -0.2) is 19.9 Å². The third-order valence-electron chi connectivity index (χ3n) is 2.27. The zero-order valence-electron chi connectivity index (χ0n) is 8.49. The molecule has 16 heavy (non-hydrogen) atoms. The van der Waals surface area contributed by atoms with Gasteiger partial charge in [-0.2, -0.15) is 0 Å². The summed E-state index contributed by atoms with van der Waals surface area (Å²) in [7, 11) is 0. The van der Waals surface area contributed by atoms with E-state index in [0.717, 1.165) is 0 Å². The average molecular weight is 216 g/mol. The Bertz CT molecular complexity index is 596. The Labute approximate surface area is 91.0 Å². The van der Waals surface area contributed by atoms with Gasteiger partial charge in [-0.15, -0.1) is 11.5 Å².